The molecule has 0 spiro atoms. The Bertz CT molecular complexity index is 1300. The fraction of sp³-hybridized carbons (Fsp3) is 0.455. The Balaban J connectivity index is 1.79. The molecule has 0 bridgehead atoms. The number of phosphoric acid groups is 3. The van der Waals surface area contributed by atoms with E-state index in [2.05, 4.69) is 28.1 Å². The highest BCUT2D eigenvalue weighted by Gasteiger charge is 2.47. The summed E-state index contributed by atoms with van der Waals surface area (Å²) in [5.74, 6) is -0.496. The molecule has 0 radical (unpaired) electrons. The second-order valence-corrected chi connectivity index (χ2v) is 11.0. The number of hydrogen-bond donors (Lipinski definition) is 9. The van der Waals surface area contributed by atoms with Gasteiger partial charge in [0.05, 0.1) is 12.9 Å². The quantitative estimate of drug-likeness (QED) is 0.153. The van der Waals surface area contributed by atoms with Gasteiger partial charge in [-0.25, -0.2) is 18.7 Å². The zero-order valence-corrected chi connectivity index (χ0v) is 19.1. The summed E-state index contributed by atoms with van der Waals surface area (Å²) in [6.45, 7) is -1.02. The first-order valence-corrected chi connectivity index (χ1v) is 13.2. The standard InChI is InChI=1S/C11H18N7O13P3/c12-8-4-5(9(13)17-11(14)16-8)18(2-15-4)10-7(20)6(19)3(29-10)1-28-33(24,25)31-34(26,27)30-32(21,22)23/h2-3,6-7,10,19-20H,1H2,(H,24,25)(H,26,27)(H2,21,22,23)(H5,12,13,14,16,17)/t3-,6-,7-,10-/m0/s1. The van der Waals surface area contributed by atoms with Crippen molar-refractivity contribution >= 4 is 46.1 Å². The molecule has 23 heteroatoms. The van der Waals surface area contributed by atoms with E-state index in [1.165, 1.54) is 0 Å². The molecule has 1 aliphatic rings. The number of ether oxygens (including phenoxy) is 1. The lowest BCUT2D eigenvalue weighted by atomic mass is 10.1. The first-order valence-electron chi connectivity index (χ1n) is 8.64. The van der Waals surface area contributed by atoms with Crippen LogP contribution in [0.1, 0.15) is 6.23 Å². The Morgan fingerprint density at radius 2 is 1.65 bits per heavy atom. The van der Waals surface area contributed by atoms with Crippen molar-refractivity contribution in [3.63, 3.8) is 0 Å². The number of nitrogens with two attached hydrogens (primary N) is 2. The van der Waals surface area contributed by atoms with Crippen molar-refractivity contribution in [1.82, 2.24) is 19.5 Å². The van der Waals surface area contributed by atoms with Crippen LogP contribution in [0, 0.1) is 5.41 Å². The van der Waals surface area contributed by atoms with Crippen molar-refractivity contribution in [3.05, 3.63) is 11.9 Å². The molecule has 0 saturated carbocycles. The zero-order chi connectivity index (χ0) is 25.6. The van der Waals surface area contributed by atoms with Gasteiger partial charge in [-0.3, -0.25) is 14.5 Å². The summed E-state index contributed by atoms with van der Waals surface area (Å²) in [4.78, 5) is 47.0. The Morgan fingerprint density at radius 3 is 2.26 bits per heavy atom. The van der Waals surface area contributed by atoms with Crippen molar-refractivity contribution in [2.24, 2.45) is 0 Å². The lowest BCUT2D eigenvalue weighted by Gasteiger charge is -2.19. The van der Waals surface area contributed by atoms with Crippen LogP contribution in [-0.4, -0.2) is 74.2 Å². The van der Waals surface area contributed by atoms with Crippen molar-refractivity contribution in [2.75, 3.05) is 18.1 Å². The number of aliphatic hydroxyl groups is 2. The van der Waals surface area contributed by atoms with Gasteiger partial charge in [-0.05, 0) is 0 Å². The molecule has 1 aliphatic heterocycles. The van der Waals surface area contributed by atoms with Gasteiger partial charge >= 0.3 is 23.5 Å². The third-order valence-corrected chi connectivity index (χ3v) is 7.96. The first-order chi connectivity index (χ1) is 15.5. The van der Waals surface area contributed by atoms with Gasteiger partial charge in [0.25, 0.3) is 0 Å². The van der Waals surface area contributed by atoms with E-state index in [-0.39, 0.29) is 22.7 Å². The molecule has 0 aromatic carbocycles. The lowest BCUT2D eigenvalue weighted by Crippen LogP contribution is -2.33. The molecular weight excluding hydrogens is 531 g/mol. The Hall–Kier alpha value is -1.89. The van der Waals surface area contributed by atoms with Gasteiger partial charge in [-0.1, -0.05) is 0 Å². The maximum atomic E-state index is 11.9. The maximum Gasteiger partial charge on any atom is 0.490 e. The predicted octanol–water partition coefficient (Wildman–Crippen LogP) is -2.57. The Labute approximate surface area is 187 Å². The number of nitrogens with zero attached hydrogens (tertiary/aromatic N) is 4. The number of phosphoric ester groups is 1. The third-order valence-electron chi connectivity index (χ3n) is 4.16. The molecule has 0 aliphatic carbocycles. The van der Waals surface area contributed by atoms with Crippen LogP contribution in [0.3, 0.4) is 0 Å². The van der Waals surface area contributed by atoms with E-state index in [0.29, 0.717) is 0 Å². The van der Waals surface area contributed by atoms with E-state index >= 15 is 0 Å². The summed E-state index contributed by atoms with van der Waals surface area (Å²) in [5.41, 5.74) is 11.0. The smallest absolute Gasteiger partial charge is 0.387 e. The number of nitrogen functional groups attached to an aromatic ring is 2. The summed E-state index contributed by atoms with van der Waals surface area (Å²) in [7, 11) is -16.8. The number of aromatic nitrogens is 4. The molecule has 1 saturated heterocycles. The first kappa shape index (κ1) is 26.7. The Morgan fingerprint density at radius 1 is 1.03 bits per heavy atom. The summed E-state index contributed by atoms with van der Waals surface area (Å²) >= 11 is 0. The SMILES string of the molecule is N=c1nc(N)c2ncn([C@H]3O[C@@H](COP(=O)(O)OP(=O)(O)OP(=O)(O)O)[C@H](O)[C@@H]3O)c2c(N)n1. The fourth-order valence-electron chi connectivity index (χ4n) is 2.92. The van der Waals surface area contributed by atoms with Crippen LogP contribution in [0.5, 0.6) is 0 Å². The van der Waals surface area contributed by atoms with Gasteiger partial charge in [-0.2, -0.15) is 18.6 Å². The zero-order valence-electron chi connectivity index (χ0n) is 16.4. The molecule has 0 amide bonds. The molecule has 34 heavy (non-hydrogen) atoms. The van der Waals surface area contributed by atoms with Gasteiger partial charge < -0.3 is 46.0 Å². The fourth-order valence-corrected chi connectivity index (χ4v) is 5.95. The van der Waals surface area contributed by atoms with Crippen molar-refractivity contribution in [1.29, 1.82) is 5.41 Å². The van der Waals surface area contributed by atoms with E-state index in [1.807, 2.05) is 0 Å². The maximum absolute atomic E-state index is 11.9. The summed E-state index contributed by atoms with van der Waals surface area (Å²) in [6, 6.07) is 0. The van der Waals surface area contributed by atoms with Crippen molar-refractivity contribution in [3.8, 4) is 0 Å². The monoisotopic (exact) mass is 549 g/mol. The van der Waals surface area contributed by atoms with Crippen LogP contribution < -0.4 is 17.1 Å². The number of nitrogens with one attached hydrogen (secondary N) is 1. The number of hydrogen-bond acceptors (Lipinski definition) is 15. The molecule has 2 aromatic heterocycles. The Kier molecular flexibility index (Phi) is 7.30. The highest BCUT2D eigenvalue weighted by molar-refractivity contribution is 7.66. The van der Waals surface area contributed by atoms with E-state index in [4.69, 9.17) is 36.3 Å². The molecule has 3 rings (SSSR count). The van der Waals surface area contributed by atoms with Crippen molar-refractivity contribution < 1.29 is 61.4 Å². The second-order valence-electron chi connectivity index (χ2n) is 6.60. The van der Waals surface area contributed by atoms with E-state index < -0.39 is 60.2 Å². The van der Waals surface area contributed by atoms with Gasteiger partial charge in [0.15, 0.2) is 17.9 Å². The minimum absolute atomic E-state index is 0.00879. The normalized spacial score (nSPS) is 26.9. The van der Waals surface area contributed by atoms with Crippen LogP contribution in [0.25, 0.3) is 11.0 Å². The highest BCUT2D eigenvalue weighted by atomic mass is 31.3. The molecule has 11 N–H and O–H groups in total. The largest absolute Gasteiger partial charge is 0.490 e. The average Bonchev–Trinajstić information content (AvgIpc) is 3.16. The van der Waals surface area contributed by atoms with E-state index in [1.54, 1.807) is 0 Å². The number of rotatable bonds is 8. The summed E-state index contributed by atoms with van der Waals surface area (Å²) in [5, 5.41) is 28.2. The summed E-state index contributed by atoms with van der Waals surface area (Å²) in [6.07, 6.45) is -5.34. The van der Waals surface area contributed by atoms with Crippen LogP contribution in [-0.2, 0) is 31.6 Å². The van der Waals surface area contributed by atoms with Gasteiger partial charge in [0.2, 0.25) is 5.62 Å². The molecular formula is C11H18N7O13P3. The van der Waals surface area contributed by atoms with Gasteiger partial charge in [0, 0.05) is 0 Å². The lowest BCUT2D eigenvalue weighted by molar-refractivity contribution is -0.0500. The molecule has 2 unspecified atom stereocenters. The molecule has 2 aromatic rings. The van der Waals surface area contributed by atoms with Gasteiger partial charge in [-0.15, -0.1) is 0 Å². The molecule has 1 fully saturated rings. The summed E-state index contributed by atoms with van der Waals surface area (Å²) < 4.78 is 52.0. The molecule has 3 heterocycles. The topological polar surface area (TPSA) is 329 Å². The van der Waals surface area contributed by atoms with Crippen molar-refractivity contribution in [2.45, 2.75) is 24.5 Å². The number of fused-ring (bicyclic) bond motifs is 1. The highest BCUT2D eigenvalue weighted by Crippen LogP contribution is 2.66. The predicted molar refractivity (Wildman–Crippen MR) is 106 cm³/mol. The van der Waals surface area contributed by atoms with Crippen LogP contribution in [0.15, 0.2) is 6.33 Å². The molecule has 20 nitrogen and oxygen atoms in total. The third kappa shape index (κ3) is 6.02. The number of anilines is 2. The van der Waals surface area contributed by atoms with E-state index in [9.17, 15) is 28.8 Å². The van der Waals surface area contributed by atoms with Crippen LogP contribution in [0.2, 0.25) is 0 Å². The molecule has 190 valence electrons. The molecule has 6 atom stereocenters. The van der Waals surface area contributed by atoms with Crippen LogP contribution >= 0.6 is 23.5 Å². The minimum atomic E-state index is -5.74. The second kappa shape index (κ2) is 9.29. The van der Waals surface area contributed by atoms with E-state index in [0.717, 1.165) is 10.9 Å². The van der Waals surface area contributed by atoms with Crippen LogP contribution in [0.4, 0.5) is 11.6 Å². The number of imidazole rings is 1. The number of aliphatic hydroxyl groups excluding tert-OH is 2. The minimum Gasteiger partial charge on any atom is -0.387 e. The van der Waals surface area contributed by atoms with Gasteiger partial charge in [0.1, 0.15) is 29.3 Å². The average molecular weight is 549 g/mol.